The number of carbonyl (C=O) groups is 1. The van der Waals surface area contributed by atoms with Crippen LogP contribution in [-0.4, -0.2) is 12.5 Å². The maximum atomic E-state index is 10.6. The predicted molar refractivity (Wildman–Crippen MR) is 64.3 cm³/mol. The molecule has 0 aliphatic carbocycles. The van der Waals surface area contributed by atoms with E-state index >= 15 is 0 Å². The number of fused-ring (bicyclic) bond motifs is 1. The van der Waals surface area contributed by atoms with Gasteiger partial charge < -0.3 is 19.2 Å². The van der Waals surface area contributed by atoms with Crippen molar-refractivity contribution in [1.82, 2.24) is 0 Å². The SMILES string of the molecule is O=C([O-])c1ccc(C[NH+]2CCc3sccc3C2)o1. The van der Waals surface area contributed by atoms with Crippen LogP contribution in [0.2, 0.25) is 0 Å². The summed E-state index contributed by atoms with van der Waals surface area (Å²) in [7, 11) is 0. The van der Waals surface area contributed by atoms with Gasteiger partial charge in [0.1, 0.15) is 24.8 Å². The summed E-state index contributed by atoms with van der Waals surface area (Å²) in [5, 5.41) is 12.8. The first-order chi connectivity index (χ1) is 8.72. The Hall–Kier alpha value is -1.59. The summed E-state index contributed by atoms with van der Waals surface area (Å²) in [6.45, 7) is 2.78. The lowest BCUT2D eigenvalue weighted by molar-refractivity contribution is -0.930. The second-order valence-corrected chi connectivity index (χ2v) is 5.53. The fraction of sp³-hybridized carbons (Fsp3) is 0.308. The Kier molecular flexibility index (Phi) is 2.93. The number of thiophene rings is 1. The first-order valence-electron chi connectivity index (χ1n) is 5.91. The van der Waals surface area contributed by atoms with E-state index < -0.39 is 5.97 Å². The topological polar surface area (TPSA) is 57.7 Å². The van der Waals surface area contributed by atoms with Gasteiger partial charge in [-0.1, -0.05) is 0 Å². The van der Waals surface area contributed by atoms with Crippen LogP contribution >= 0.6 is 11.3 Å². The molecule has 0 amide bonds. The quantitative estimate of drug-likeness (QED) is 0.837. The normalized spacial score (nSPS) is 18.6. The molecule has 0 bridgehead atoms. The molecule has 0 fully saturated rings. The Balaban J connectivity index is 1.68. The maximum absolute atomic E-state index is 10.6. The van der Waals surface area contributed by atoms with Gasteiger partial charge >= 0.3 is 0 Å². The predicted octanol–water partition coefficient (Wildman–Crippen LogP) is -0.154. The maximum Gasteiger partial charge on any atom is 0.159 e. The molecular weight excluding hydrogens is 250 g/mol. The van der Waals surface area contributed by atoms with Crippen LogP contribution in [-0.2, 0) is 19.5 Å². The van der Waals surface area contributed by atoms with Crippen molar-refractivity contribution in [3.63, 3.8) is 0 Å². The summed E-state index contributed by atoms with van der Waals surface area (Å²) in [6.07, 6.45) is 1.09. The standard InChI is InChI=1S/C13H13NO3S/c15-13(16)11-2-1-10(17-11)8-14-5-3-12-9(7-14)4-6-18-12/h1-2,4,6H,3,5,7-8H2,(H,15,16). The largest absolute Gasteiger partial charge is 0.542 e. The first-order valence-corrected chi connectivity index (χ1v) is 6.79. The number of hydrogen-bond donors (Lipinski definition) is 1. The summed E-state index contributed by atoms with van der Waals surface area (Å²) >= 11 is 1.82. The third-order valence-corrected chi connectivity index (χ3v) is 4.29. The molecule has 2 aromatic rings. The molecule has 2 aromatic heterocycles. The van der Waals surface area contributed by atoms with Crippen LogP contribution < -0.4 is 10.0 Å². The highest BCUT2D eigenvalue weighted by atomic mass is 32.1. The van der Waals surface area contributed by atoms with Crippen molar-refractivity contribution in [3.05, 3.63) is 45.5 Å². The van der Waals surface area contributed by atoms with E-state index in [1.165, 1.54) is 21.4 Å². The molecule has 1 aliphatic heterocycles. The number of furan rings is 1. The molecule has 1 aliphatic rings. The molecule has 0 saturated heterocycles. The van der Waals surface area contributed by atoms with Crippen LogP contribution in [0, 0.1) is 0 Å². The van der Waals surface area contributed by atoms with Crippen LogP contribution in [0.4, 0.5) is 0 Å². The molecule has 1 N–H and O–H groups in total. The zero-order chi connectivity index (χ0) is 12.5. The third kappa shape index (κ3) is 2.19. The second kappa shape index (κ2) is 4.59. The Morgan fingerprint density at radius 3 is 3.11 bits per heavy atom. The second-order valence-electron chi connectivity index (χ2n) is 4.53. The minimum atomic E-state index is -1.25. The molecule has 4 nitrogen and oxygen atoms in total. The van der Waals surface area contributed by atoms with E-state index in [1.807, 2.05) is 11.3 Å². The number of rotatable bonds is 3. The highest BCUT2D eigenvalue weighted by Gasteiger charge is 2.21. The van der Waals surface area contributed by atoms with E-state index in [9.17, 15) is 9.90 Å². The third-order valence-electron chi connectivity index (χ3n) is 3.27. The number of quaternary nitrogens is 1. The van der Waals surface area contributed by atoms with E-state index in [1.54, 1.807) is 6.07 Å². The number of hydrogen-bond acceptors (Lipinski definition) is 4. The molecule has 0 radical (unpaired) electrons. The van der Waals surface area contributed by atoms with Crippen molar-refractivity contribution >= 4 is 17.3 Å². The van der Waals surface area contributed by atoms with E-state index in [4.69, 9.17) is 4.42 Å². The van der Waals surface area contributed by atoms with Crippen molar-refractivity contribution < 1.29 is 19.2 Å². The minimum Gasteiger partial charge on any atom is -0.542 e. The van der Waals surface area contributed by atoms with Gasteiger partial charge in [-0.2, -0.15) is 0 Å². The molecule has 18 heavy (non-hydrogen) atoms. The molecule has 1 unspecified atom stereocenters. The van der Waals surface area contributed by atoms with Gasteiger partial charge in [-0.3, -0.25) is 0 Å². The van der Waals surface area contributed by atoms with Crippen LogP contribution in [0.3, 0.4) is 0 Å². The highest BCUT2D eigenvalue weighted by molar-refractivity contribution is 7.10. The number of nitrogens with one attached hydrogen (secondary N) is 1. The van der Waals surface area contributed by atoms with E-state index in [0.29, 0.717) is 5.76 Å². The average Bonchev–Trinajstić information content (AvgIpc) is 2.96. The monoisotopic (exact) mass is 263 g/mol. The van der Waals surface area contributed by atoms with Crippen molar-refractivity contribution in [2.24, 2.45) is 0 Å². The molecule has 0 saturated carbocycles. The van der Waals surface area contributed by atoms with Crippen molar-refractivity contribution in [2.75, 3.05) is 6.54 Å². The van der Waals surface area contributed by atoms with Gasteiger partial charge in [0.2, 0.25) is 0 Å². The molecule has 3 rings (SSSR count). The lowest BCUT2D eigenvalue weighted by atomic mass is 10.1. The zero-order valence-corrected chi connectivity index (χ0v) is 10.6. The van der Waals surface area contributed by atoms with Crippen molar-refractivity contribution in [1.29, 1.82) is 0 Å². The van der Waals surface area contributed by atoms with E-state index in [2.05, 4.69) is 11.4 Å². The van der Waals surface area contributed by atoms with Gasteiger partial charge in [0.15, 0.2) is 5.76 Å². The van der Waals surface area contributed by atoms with Crippen LogP contribution in [0.25, 0.3) is 0 Å². The summed E-state index contributed by atoms with van der Waals surface area (Å²) in [5.41, 5.74) is 1.41. The summed E-state index contributed by atoms with van der Waals surface area (Å²) in [6, 6.07) is 5.36. The first kappa shape index (κ1) is 11.5. The van der Waals surface area contributed by atoms with E-state index in [0.717, 1.165) is 26.1 Å². The lowest BCUT2D eigenvalue weighted by Crippen LogP contribution is -3.10. The van der Waals surface area contributed by atoms with Gasteiger partial charge in [0.25, 0.3) is 0 Å². The van der Waals surface area contributed by atoms with Gasteiger partial charge in [0.05, 0.1) is 6.54 Å². The van der Waals surface area contributed by atoms with Gasteiger partial charge in [-0.15, -0.1) is 11.3 Å². The number of carboxylic acid groups (broad SMARTS) is 1. The number of carbonyl (C=O) groups excluding carboxylic acids is 1. The summed E-state index contributed by atoms with van der Waals surface area (Å²) in [5.74, 6) is -0.629. The lowest BCUT2D eigenvalue weighted by Gasteiger charge is -2.22. The molecule has 0 spiro atoms. The zero-order valence-electron chi connectivity index (χ0n) is 9.77. The minimum absolute atomic E-state index is 0.0855. The van der Waals surface area contributed by atoms with Crippen molar-refractivity contribution in [2.45, 2.75) is 19.5 Å². The Labute approximate surface area is 108 Å². The van der Waals surface area contributed by atoms with Gasteiger partial charge in [-0.25, -0.2) is 0 Å². The molecule has 0 aromatic carbocycles. The van der Waals surface area contributed by atoms with Crippen LogP contribution in [0.15, 0.2) is 28.0 Å². The van der Waals surface area contributed by atoms with Gasteiger partial charge in [-0.05, 0) is 23.6 Å². The Morgan fingerprint density at radius 1 is 1.44 bits per heavy atom. The molecule has 5 heteroatoms. The average molecular weight is 263 g/mol. The molecule has 94 valence electrons. The molecule has 3 heterocycles. The summed E-state index contributed by atoms with van der Waals surface area (Å²) < 4.78 is 5.24. The smallest absolute Gasteiger partial charge is 0.159 e. The summed E-state index contributed by atoms with van der Waals surface area (Å²) in [4.78, 5) is 13.5. The number of aromatic carboxylic acids is 1. The Morgan fingerprint density at radius 2 is 2.33 bits per heavy atom. The van der Waals surface area contributed by atoms with Gasteiger partial charge in [0, 0.05) is 16.9 Å². The Bertz CT molecular complexity index is 572. The highest BCUT2D eigenvalue weighted by Crippen LogP contribution is 2.18. The fourth-order valence-electron chi connectivity index (χ4n) is 2.37. The fourth-order valence-corrected chi connectivity index (χ4v) is 3.28. The van der Waals surface area contributed by atoms with E-state index in [-0.39, 0.29) is 5.76 Å². The molecular formula is C13H13NO3S. The number of carboxylic acids is 1. The van der Waals surface area contributed by atoms with Crippen molar-refractivity contribution in [3.8, 4) is 0 Å². The molecule has 1 atom stereocenters. The van der Waals surface area contributed by atoms with Crippen LogP contribution in [0.1, 0.15) is 26.8 Å². The van der Waals surface area contributed by atoms with Crippen LogP contribution in [0.5, 0.6) is 0 Å².